The molecule has 3 fully saturated rings. The Morgan fingerprint density at radius 2 is 1.96 bits per heavy atom. The molecule has 0 aromatic carbocycles. The highest BCUT2D eigenvalue weighted by Crippen LogP contribution is 2.68. The minimum Gasteiger partial charge on any atom is -0.393 e. The Balaban J connectivity index is 1.71. The van der Waals surface area contributed by atoms with Crippen molar-refractivity contribution in [1.29, 1.82) is 0 Å². The lowest BCUT2D eigenvalue weighted by atomic mass is 9.47. The number of aliphatic hydroxyl groups excluding tert-OH is 1. The van der Waals surface area contributed by atoms with E-state index in [1.54, 1.807) is 0 Å². The molecule has 0 aliphatic heterocycles. The number of hydrogen-bond acceptors (Lipinski definition) is 2. The molecule has 3 unspecified atom stereocenters. The maximum Gasteiger partial charge on any atom is 0.133 e. The van der Waals surface area contributed by atoms with Gasteiger partial charge in [0.25, 0.3) is 0 Å². The fourth-order valence-corrected chi connectivity index (χ4v) is 7.29. The maximum atomic E-state index is 11.3. The first-order valence-electron chi connectivity index (χ1n) is 9.84. The zero-order valence-electron chi connectivity index (χ0n) is 15.4. The summed E-state index contributed by atoms with van der Waals surface area (Å²) in [7, 11) is 0. The Hall–Kier alpha value is -0.780. The normalized spacial score (nSPS) is 56.5. The molecule has 0 heterocycles. The summed E-state index contributed by atoms with van der Waals surface area (Å²) in [6.07, 6.45) is 15.4. The van der Waals surface area contributed by atoms with E-state index in [1.165, 1.54) is 5.57 Å². The van der Waals surface area contributed by atoms with Gasteiger partial charge in [-0.3, -0.25) is 0 Å². The van der Waals surface area contributed by atoms with Gasteiger partial charge >= 0.3 is 0 Å². The number of aliphatic hydroxyl groups is 2. The number of fused-ring (bicyclic) bond motifs is 5. The van der Waals surface area contributed by atoms with Crippen molar-refractivity contribution in [2.45, 2.75) is 77.4 Å². The number of rotatable bonds is 0. The highest BCUT2D eigenvalue weighted by molar-refractivity contribution is 5.29. The van der Waals surface area contributed by atoms with Crippen molar-refractivity contribution in [3.8, 4) is 12.3 Å². The van der Waals surface area contributed by atoms with Crippen LogP contribution in [0.2, 0.25) is 0 Å². The quantitative estimate of drug-likeness (QED) is 0.523. The van der Waals surface area contributed by atoms with Crippen molar-refractivity contribution < 1.29 is 10.2 Å². The van der Waals surface area contributed by atoms with Gasteiger partial charge in [0.15, 0.2) is 0 Å². The molecule has 0 radical (unpaired) electrons. The largest absolute Gasteiger partial charge is 0.393 e. The van der Waals surface area contributed by atoms with Gasteiger partial charge in [0, 0.05) is 5.41 Å². The summed E-state index contributed by atoms with van der Waals surface area (Å²) in [5, 5.41) is 21.3. The lowest BCUT2D eigenvalue weighted by Gasteiger charge is -2.58. The fourth-order valence-electron chi connectivity index (χ4n) is 7.29. The molecule has 132 valence electrons. The van der Waals surface area contributed by atoms with Crippen LogP contribution in [-0.4, -0.2) is 21.9 Å². The van der Waals surface area contributed by atoms with Crippen LogP contribution >= 0.6 is 0 Å². The average molecular weight is 328 g/mol. The number of allylic oxidation sites excluding steroid dienone is 1. The topological polar surface area (TPSA) is 40.5 Å². The van der Waals surface area contributed by atoms with Gasteiger partial charge in [-0.05, 0) is 74.0 Å². The smallest absolute Gasteiger partial charge is 0.133 e. The molecule has 2 heteroatoms. The average Bonchev–Trinajstić information content (AvgIpc) is 2.76. The van der Waals surface area contributed by atoms with E-state index in [9.17, 15) is 10.2 Å². The molecule has 0 spiro atoms. The first kappa shape index (κ1) is 16.7. The zero-order valence-corrected chi connectivity index (χ0v) is 15.4. The Bertz CT molecular complexity index is 616. The van der Waals surface area contributed by atoms with Gasteiger partial charge in [-0.15, -0.1) is 6.42 Å². The van der Waals surface area contributed by atoms with E-state index in [-0.39, 0.29) is 22.9 Å². The molecule has 0 aromatic heterocycles. The van der Waals surface area contributed by atoms with Crippen LogP contribution in [0.25, 0.3) is 0 Å². The van der Waals surface area contributed by atoms with Crippen LogP contribution < -0.4 is 0 Å². The molecule has 24 heavy (non-hydrogen) atoms. The van der Waals surface area contributed by atoms with Gasteiger partial charge < -0.3 is 10.2 Å². The SMILES string of the molecule is C#CC1(O)C(C)C[C@H]2[C@@H]3CC=C4CC(O)CC[C@]4(C)[C@@H]3CC[C@@]21C. The third-order valence-corrected chi connectivity index (χ3v) is 8.88. The van der Waals surface area contributed by atoms with Crippen LogP contribution in [0.4, 0.5) is 0 Å². The summed E-state index contributed by atoms with van der Waals surface area (Å²) >= 11 is 0. The Kier molecular flexibility index (Phi) is 3.56. The monoisotopic (exact) mass is 328 g/mol. The molecule has 8 atom stereocenters. The number of terminal acetylenes is 1. The fraction of sp³-hybridized carbons (Fsp3) is 0.818. The van der Waals surface area contributed by atoms with Crippen molar-refractivity contribution in [2.24, 2.45) is 34.5 Å². The predicted octanol–water partition coefficient (Wildman–Crippen LogP) is 3.92. The molecule has 4 rings (SSSR count). The van der Waals surface area contributed by atoms with Gasteiger partial charge in [-0.2, -0.15) is 0 Å². The lowest BCUT2D eigenvalue weighted by Crippen LogP contribution is -2.55. The van der Waals surface area contributed by atoms with Gasteiger partial charge in [-0.1, -0.05) is 38.3 Å². The third kappa shape index (κ3) is 1.86. The van der Waals surface area contributed by atoms with Crippen LogP contribution in [0.5, 0.6) is 0 Å². The van der Waals surface area contributed by atoms with Crippen LogP contribution in [0, 0.1) is 46.8 Å². The summed E-state index contributed by atoms with van der Waals surface area (Å²) in [5.41, 5.74) is 0.669. The van der Waals surface area contributed by atoms with Crippen molar-refractivity contribution in [2.75, 3.05) is 0 Å². The summed E-state index contributed by atoms with van der Waals surface area (Å²) < 4.78 is 0. The molecule has 4 aliphatic rings. The van der Waals surface area contributed by atoms with E-state index >= 15 is 0 Å². The molecule has 2 N–H and O–H groups in total. The Morgan fingerprint density at radius 3 is 2.67 bits per heavy atom. The van der Waals surface area contributed by atoms with E-state index < -0.39 is 5.60 Å². The molecular weight excluding hydrogens is 296 g/mol. The van der Waals surface area contributed by atoms with E-state index in [2.05, 4.69) is 32.8 Å². The van der Waals surface area contributed by atoms with Gasteiger partial charge in [0.05, 0.1) is 6.10 Å². The van der Waals surface area contributed by atoms with Gasteiger partial charge in [0.2, 0.25) is 0 Å². The number of hydrogen-bond donors (Lipinski definition) is 2. The van der Waals surface area contributed by atoms with E-state index in [4.69, 9.17) is 6.42 Å². The molecule has 0 amide bonds. The molecule has 3 saturated carbocycles. The summed E-state index contributed by atoms with van der Waals surface area (Å²) in [6.45, 7) is 6.83. The molecule has 0 aromatic rings. The summed E-state index contributed by atoms with van der Waals surface area (Å²) in [5.74, 6) is 4.84. The first-order chi connectivity index (χ1) is 11.3. The second kappa shape index (κ2) is 5.12. The van der Waals surface area contributed by atoms with Gasteiger partial charge in [0.1, 0.15) is 5.60 Å². The van der Waals surface area contributed by atoms with Crippen molar-refractivity contribution in [3.05, 3.63) is 11.6 Å². The Labute approximate surface area is 146 Å². The van der Waals surface area contributed by atoms with Crippen molar-refractivity contribution in [1.82, 2.24) is 0 Å². The van der Waals surface area contributed by atoms with Crippen molar-refractivity contribution in [3.63, 3.8) is 0 Å². The first-order valence-corrected chi connectivity index (χ1v) is 9.84. The minimum absolute atomic E-state index is 0.141. The molecule has 0 saturated heterocycles. The lowest BCUT2D eigenvalue weighted by molar-refractivity contribution is -0.104. The third-order valence-electron chi connectivity index (χ3n) is 8.88. The van der Waals surface area contributed by atoms with E-state index in [0.29, 0.717) is 17.8 Å². The van der Waals surface area contributed by atoms with Gasteiger partial charge in [-0.25, -0.2) is 0 Å². The van der Waals surface area contributed by atoms with Crippen LogP contribution in [0.15, 0.2) is 11.6 Å². The van der Waals surface area contributed by atoms with Crippen molar-refractivity contribution >= 4 is 0 Å². The summed E-state index contributed by atoms with van der Waals surface area (Å²) in [6, 6.07) is 0. The minimum atomic E-state index is -0.948. The highest BCUT2D eigenvalue weighted by atomic mass is 16.3. The van der Waals surface area contributed by atoms with E-state index in [0.717, 1.165) is 44.9 Å². The molecular formula is C22H32O2. The van der Waals surface area contributed by atoms with Crippen LogP contribution in [-0.2, 0) is 0 Å². The Morgan fingerprint density at radius 1 is 1.21 bits per heavy atom. The second-order valence-electron chi connectivity index (χ2n) is 9.66. The predicted molar refractivity (Wildman–Crippen MR) is 96.0 cm³/mol. The maximum absolute atomic E-state index is 11.3. The molecule has 4 aliphatic carbocycles. The zero-order chi connectivity index (χ0) is 17.3. The van der Waals surface area contributed by atoms with E-state index in [1.807, 2.05) is 0 Å². The molecule has 2 nitrogen and oxygen atoms in total. The second-order valence-corrected chi connectivity index (χ2v) is 9.66. The standard InChI is InChI=1S/C22H32O2/c1-5-22(24)14(2)12-19-17-7-6-15-13-16(23)8-10-20(15,3)18(17)9-11-21(19,22)4/h1,6,14,16-19,23-24H,7-13H2,2-4H3/t14?,16?,17-,18-,19+,20+,21+,22?/m1/s1. The van der Waals surface area contributed by atoms with Crippen LogP contribution in [0.1, 0.15) is 65.7 Å². The molecule has 0 bridgehead atoms. The highest BCUT2D eigenvalue weighted by Gasteiger charge is 2.65. The summed E-state index contributed by atoms with van der Waals surface area (Å²) in [4.78, 5) is 0. The van der Waals surface area contributed by atoms with Crippen LogP contribution in [0.3, 0.4) is 0 Å².